The Labute approximate surface area is 239 Å². The number of aromatic nitrogens is 2. The number of hydrogen-bond acceptors (Lipinski definition) is 7. The van der Waals surface area contributed by atoms with Crippen molar-refractivity contribution in [3.8, 4) is 17.0 Å². The highest BCUT2D eigenvalue weighted by atomic mass is 19.4. The maximum Gasteiger partial charge on any atom is 0.573 e. The van der Waals surface area contributed by atoms with Gasteiger partial charge in [0.05, 0.1) is 11.1 Å². The lowest BCUT2D eigenvalue weighted by molar-refractivity contribution is -0.274. The first-order valence-electron chi connectivity index (χ1n) is 14.2. The van der Waals surface area contributed by atoms with E-state index in [0.717, 1.165) is 66.6 Å². The van der Waals surface area contributed by atoms with Crippen molar-refractivity contribution in [3.63, 3.8) is 0 Å². The van der Waals surface area contributed by atoms with Crippen molar-refractivity contribution >= 4 is 22.7 Å². The van der Waals surface area contributed by atoms with Crippen LogP contribution in [0.1, 0.15) is 66.1 Å². The molecule has 2 aliphatic heterocycles. The average Bonchev–Trinajstić information content (AvgIpc) is 3.66. The number of para-hydroxylation sites is 1. The van der Waals surface area contributed by atoms with Crippen LogP contribution in [0, 0.1) is 0 Å². The quantitative estimate of drug-likeness (QED) is 0.240. The zero-order chi connectivity index (χ0) is 29.0. The van der Waals surface area contributed by atoms with Crippen molar-refractivity contribution in [1.82, 2.24) is 15.5 Å². The summed E-state index contributed by atoms with van der Waals surface area (Å²) in [6.07, 6.45) is 1.04. The third-order valence-electron chi connectivity index (χ3n) is 8.62. The van der Waals surface area contributed by atoms with E-state index in [4.69, 9.17) is 9.51 Å². The topological polar surface area (TPSA) is 101 Å². The Balaban J connectivity index is 1.09. The number of halogens is 3. The van der Waals surface area contributed by atoms with Crippen LogP contribution in [-0.2, 0) is 6.54 Å². The first-order valence-corrected chi connectivity index (χ1v) is 14.2. The molecule has 0 spiro atoms. The zero-order valence-corrected chi connectivity index (χ0v) is 22.6. The van der Waals surface area contributed by atoms with Crippen LogP contribution in [0.25, 0.3) is 22.2 Å². The summed E-state index contributed by atoms with van der Waals surface area (Å²) in [5.74, 6) is 0.619. The number of carboxylic acid groups (broad SMARTS) is 1. The van der Waals surface area contributed by atoms with E-state index < -0.39 is 12.3 Å². The Morgan fingerprint density at radius 2 is 1.81 bits per heavy atom. The van der Waals surface area contributed by atoms with Gasteiger partial charge in [-0.3, -0.25) is 0 Å². The second-order valence-electron chi connectivity index (χ2n) is 11.4. The number of alkyl halides is 3. The molecule has 3 fully saturated rings. The fraction of sp³-hybridized carbons (Fsp3) is 0.387. The lowest BCUT2D eigenvalue weighted by Gasteiger charge is -2.40. The van der Waals surface area contributed by atoms with Gasteiger partial charge in [-0.1, -0.05) is 17.3 Å². The van der Waals surface area contributed by atoms with Gasteiger partial charge in [-0.15, -0.1) is 13.2 Å². The lowest BCUT2D eigenvalue weighted by atomic mass is 9.96. The minimum absolute atomic E-state index is 0.216. The molecule has 8 nitrogen and oxygen atoms in total. The second kappa shape index (κ2) is 10.3. The van der Waals surface area contributed by atoms with Crippen LogP contribution >= 0.6 is 0 Å². The predicted octanol–water partition coefficient (Wildman–Crippen LogP) is 6.65. The molecule has 7 rings (SSSR count). The molecule has 0 radical (unpaired) electrons. The van der Waals surface area contributed by atoms with E-state index >= 15 is 0 Å². The van der Waals surface area contributed by atoms with Gasteiger partial charge in [0.25, 0.3) is 0 Å². The summed E-state index contributed by atoms with van der Waals surface area (Å²) in [6, 6.07) is 15.7. The highest BCUT2D eigenvalue weighted by Crippen LogP contribution is 2.46. The van der Waals surface area contributed by atoms with E-state index in [1.807, 2.05) is 12.1 Å². The number of anilines is 1. The standard InChI is InChI=1S/C31H29F3N4O4/c32-31(33,34)41-26-4-2-1-3-23(26)28-24(29(42-37-28)17-5-6-17)16-35-20-14-21-9-10-22(15-20)38(21)27-12-8-18-13-19(30(39)40)7-11-25(18)36-27/h1-4,7-8,11-13,17,20-22,35H,5-6,9-10,14-16H2,(H,39,40). The maximum absolute atomic E-state index is 13.1. The molecule has 1 aliphatic carbocycles. The maximum atomic E-state index is 13.1. The molecule has 2 atom stereocenters. The van der Waals surface area contributed by atoms with Crippen LogP contribution in [0.2, 0.25) is 0 Å². The smallest absolute Gasteiger partial charge is 0.478 e. The van der Waals surface area contributed by atoms with Crippen molar-refractivity contribution < 1.29 is 32.3 Å². The molecule has 2 bridgehead atoms. The SMILES string of the molecule is O=C(O)c1ccc2nc(N3C4CCC3CC(NCc3c(-c5ccccc5OC(F)(F)F)noc3C3CC3)C4)ccc2c1. The highest BCUT2D eigenvalue weighted by molar-refractivity contribution is 5.93. The van der Waals surface area contributed by atoms with Crippen molar-refractivity contribution in [3.05, 3.63) is 71.5 Å². The first kappa shape index (κ1) is 26.8. The van der Waals surface area contributed by atoms with E-state index in [2.05, 4.69) is 20.1 Å². The molecule has 2 aromatic heterocycles. The van der Waals surface area contributed by atoms with Gasteiger partial charge in [0.1, 0.15) is 23.0 Å². The number of carbonyl (C=O) groups is 1. The molecule has 2 aromatic carbocycles. The Kier molecular flexibility index (Phi) is 6.56. The molecule has 2 N–H and O–H groups in total. The van der Waals surface area contributed by atoms with Gasteiger partial charge in [-0.2, -0.15) is 0 Å². The number of nitrogens with zero attached hydrogens (tertiary/aromatic N) is 3. The summed E-state index contributed by atoms with van der Waals surface area (Å²) in [4.78, 5) is 18.6. The van der Waals surface area contributed by atoms with E-state index in [9.17, 15) is 23.1 Å². The number of hydrogen-bond donors (Lipinski definition) is 2. The molecule has 4 heterocycles. The predicted molar refractivity (Wildman–Crippen MR) is 148 cm³/mol. The number of aromatic carboxylic acids is 1. The number of piperidine rings is 1. The number of fused-ring (bicyclic) bond motifs is 3. The molecular formula is C31H29F3N4O4. The van der Waals surface area contributed by atoms with E-state index in [1.54, 1.807) is 30.3 Å². The number of ether oxygens (including phenoxy) is 1. The van der Waals surface area contributed by atoms with Crippen LogP contribution in [0.15, 0.2) is 59.1 Å². The molecular weight excluding hydrogens is 549 g/mol. The number of benzene rings is 2. The van der Waals surface area contributed by atoms with Gasteiger partial charge in [0.15, 0.2) is 0 Å². The Hall–Kier alpha value is -4.12. The van der Waals surface area contributed by atoms with E-state index in [1.165, 1.54) is 12.1 Å². The van der Waals surface area contributed by atoms with E-state index in [0.29, 0.717) is 24.3 Å². The summed E-state index contributed by atoms with van der Waals surface area (Å²) >= 11 is 0. The van der Waals surface area contributed by atoms with Gasteiger partial charge >= 0.3 is 12.3 Å². The summed E-state index contributed by atoms with van der Waals surface area (Å²) in [7, 11) is 0. The van der Waals surface area contributed by atoms with Crippen LogP contribution in [-0.4, -0.2) is 45.7 Å². The molecule has 0 amide bonds. The Bertz CT molecular complexity index is 1640. The third-order valence-corrected chi connectivity index (χ3v) is 8.62. The molecule has 4 aromatic rings. The fourth-order valence-electron chi connectivity index (χ4n) is 6.60. The van der Waals surface area contributed by atoms with Gasteiger partial charge < -0.3 is 24.6 Å². The average molecular weight is 579 g/mol. The largest absolute Gasteiger partial charge is 0.573 e. The van der Waals surface area contributed by atoms with E-state index in [-0.39, 0.29) is 28.8 Å². The monoisotopic (exact) mass is 578 g/mol. The molecule has 3 aliphatic rings. The third kappa shape index (κ3) is 5.17. The highest BCUT2D eigenvalue weighted by Gasteiger charge is 2.42. The Morgan fingerprint density at radius 1 is 1.05 bits per heavy atom. The summed E-state index contributed by atoms with van der Waals surface area (Å²) < 4.78 is 49.4. The summed E-state index contributed by atoms with van der Waals surface area (Å²) in [6.45, 7) is 0.440. The molecule has 1 saturated carbocycles. The number of carboxylic acids is 1. The normalized spacial score (nSPS) is 22.1. The van der Waals surface area contributed by atoms with Gasteiger partial charge in [0.2, 0.25) is 0 Å². The number of nitrogens with one attached hydrogen (secondary N) is 1. The van der Waals surface area contributed by atoms with Gasteiger partial charge in [0, 0.05) is 47.1 Å². The summed E-state index contributed by atoms with van der Waals surface area (Å²) in [5, 5.41) is 18.0. The van der Waals surface area contributed by atoms with Crippen LogP contribution < -0.4 is 15.0 Å². The molecule has 11 heteroatoms. The number of pyridine rings is 1. The molecule has 2 saturated heterocycles. The van der Waals surface area contributed by atoms with Crippen LogP contribution in [0.3, 0.4) is 0 Å². The van der Waals surface area contributed by atoms with Gasteiger partial charge in [-0.05, 0) is 81.0 Å². The molecule has 2 unspecified atom stereocenters. The Morgan fingerprint density at radius 3 is 2.52 bits per heavy atom. The van der Waals surface area contributed by atoms with Crippen molar-refractivity contribution in [2.75, 3.05) is 4.90 Å². The van der Waals surface area contributed by atoms with Crippen LogP contribution in [0.4, 0.5) is 19.0 Å². The minimum Gasteiger partial charge on any atom is -0.478 e. The van der Waals surface area contributed by atoms with Crippen molar-refractivity contribution in [2.24, 2.45) is 0 Å². The van der Waals surface area contributed by atoms with Crippen LogP contribution in [0.5, 0.6) is 5.75 Å². The summed E-state index contributed by atoms with van der Waals surface area (Å²) in [5.41, 5.74) is 2.44. The van der Waals surface area contributed by atoms with Crippen molar-refractivity contribution in [2.45, 2.75) is 75.5 Å². The number of rotatable bonds is 8. The van der Waals surface area contributed by atoms with Crippen molar-refractivity contribution in [1.29, 1.82) is 0 Å². The first-order chi connectivity index (χ1) is 20.2. The zero-order valence-electron chi connectivity index (χ0n) is 22.6. The molecule has 42 heavy (non-hydrogen) atoms. The fourth-order valence-corrected chi connectivity index (χ4v) is 6.60. The van der Waals surface area contributed by atoms with Gasteiger partial charge in [-0.25, -0.2) is 9.78 Å². The second-order valence-corrected chi connectivity index (χ2v) is 11.4. The minimum atomic E-state index is -4.81. The molecule has 218 valence electrons. The lowest BCUT2D eigenvalue weighted by Crippen LogP contribution is -2.49.